The van der Waals surface area contributed by atoms with Gasteiger partial charge in [0.2, 0.25) is 0 Å². The minimum Gasteiger partial charge on any atom is -0.395 e. The lowest BCUT2D eigenvalue weighted by atomic mass is 10.2. The highest BCUT2D eigenvalue weighted by Crippen LogP contribution is 1.90. The maximum absolute atomic E-state index is 8.65. The molecule has 198 valence electrons. The fraction of sp³-hybridized carbons (Fsp3) is 1.00. The smallest absolute Gasteiger partial charge is 0.0555 e. The van der Waals surface area contributed by atoms with Crippen molar-refractivity contribution in [1.82, 2.24) is 26.6 Å². The summed E-state index contributed by atoms with van der Waals surface area (Å²) < 4.78 is 0. The lowest BCUT2D eigenvalue weighted by Crippen LogP contribution is -2.23. The summed E-state index contributed by atoms with van der Waals surface area (Å²) in [7, 11) is 0. The summed E-state index contributed by atoms with van der Waals surface area (Å²) in [6.45, 7) is 13.2. The molecule has 0 radical (unpaired) electrons. The van der Waals surface area contributed by atoms with E-state index in [2.05, 4.69) is 33.5 Å². The summed E-state index contributed by atoms with van der Waals surface area (Å²) in [5.74, 6) is 0. The van der Waals surface area contributed by atoms with Gasteiger partial charge in [0.05, 0.1) is 6.61 Å². The molecule has 0 rings (SSSR count). The Morgan fingerprint density at radius 2 is 0.613 bits per heavy atom. The number of hydrogen-bond donors (Lipinski definition) is 6. The molecule has 6 N–H and O–H groups in total. The van der Waals surface area contributed by atoms with Crippen molar-refractivity contribution in [2.24, 2.45) is 0 Å². The molecule has 6 nitrogen and oxygen atoms in total. The predicted molar refractivity (Wildman–Crippen MR) is 150 cm³/mol. The van der Waals surface area contributed by atoms with Crippen LogP contribution in [0.3, 0.4) is 0 Å². The molecule has 0 aliphatic rings. The molecule has 0 aromatic rings. The molecule has 0 aliphatic carbocycles. The Balaban J connectivity index is -0.000000312. The molecule has 0 saturated heterocycles. The Morgan fingerprint density at radius 3 is 0.839 bits per heavy atom. The fourth-order valence-electron chi connectivity index (χ4n) is 2.76. The molecule has 0 fully saturated rings. The Hall–Kier alpha value is 1.21. The van der Waals surface area contributed by atoms with Crippen molar-refractivity contribution in [2.45, 2.75) is 58.3 Å². The van der Waals surface area contributed by atoms with Crippen molar-refractivity contribution >= 4 is 62.0 Å². The van der Waals surface area contributed by atoms with Crippen molar-refractivity contribution in [3.8, 4) is 0 Å². The van der Waals surface area contributed by atoms with Crippen LogP contribution in [0.4, 0.5) is 0 Å². The van der Waals surface area contributed by atoms with E-state index in [9.17, 15) is 0 Å². The fourth-order valence-corrected chi connectivity index (χ4v) is 2.76. The number of aliphatic hydroxyl groups is 1. The average Bonchev–Trinajstić information content (AvgIpc) is 2.66. The lowest BCUT2D eigenvalue weighted by molar-refractivity contribution is 0.292. The third-order valence-corrected chi connectivity index (χ3v) is 4.37. The normalized spacial score (nSPS) is 9.48. The molecule has 11 heteroatoms. The lowest BCUT2D eigenvalue weighted by Gasteiger charge is -2.07. The Bertz CT molecular complexity index is 240. The van der Waals surface area contributed by atoms with E-state index in [0.717, 1.165) is 58.9 Å². The van der Waals surface area contributed by atoms with Gasteiger partial charge in [-0.25, -0.2) is 0 Å². The third-order valence-electron chi connectivity index (χ3n) is 4.37. The van der Waals surface area contributed by atoms with Crippen molar-refractivity contribution in [2.75, 3.05) is 72.1 Å². The molecule has 0 amide bonds. The van der Waals surface area contributed by atoms with Crippen molar-refractivity contribution < 1.29 is 5.11 Å². The van der Waals surface area contributed by atoms with E-state index in [-0.39, 0.29) is 68.6 Å². The van der Waals surface area contributed by atoms with Crippen LogP contribution in [0.2, 0.25) is 0 Å². The number of aliphatic hydroxyl groups excluding tert-OH is 1. The minimum absolute atomic E-state index is 0. The molecule has 0 saturated carbocycles. The SMILES string of the molecule is CCNCCCCNCCCCNCCCCNCCCCNCCO.Cl.Cl.Cl.Cl.Cl. The van der Waals surface area contributed by atoms with Crippen molar-refractivity contribution in [3.63, 3.8) is 0 Å². The molecule has 0 aromatic carbocycles. The largest absolute Gasteiger partial charge is 0.395 e. The molecular weight excluding hydrogens is 504 g/mol. The van der Waals surface area contributed by atoms with Gasteiger partial charge in [0.1, 0.15) is 0 Å². The quantitative estimate of drug-likeness (QED) is 0.109. The van der Waals surface area contributed by atoms with Crippen molar-refractivity contribution in [1.29, 1.82) is 0 Å². The molecule has 0 atom stereocenters. The van der Waals surface area contributed by atoms with Crippen LogP contribution in [0.25, 0.3) is 0 Å². The van der Waals surface area contributed by atoms with E-state index in [1.807, 2.05) is 0 Å². The third kappa shape index (κ3) is 45.4. The summed E-state index contributed by atoms with van der Waals surface area (Å²) in [4.78, 5) is 0. The van der Waals surface area contributed by atoms with Gasteiger partial charge in [-0.1, -0.05) is 6.92 Å². The molecule has 31 heavy (non-hydrogen) atoms. The summed E-state index contributed by atoms with van der Waals surface area (Å²) in [5, 5.41) is 25.8. The van der Waals surface area contributed by atoms with Gasteiger partial charge < -0.3 is 31.7 Å². The second kappa shape index (κ2) is 44.8. The highest BCUT2D eigenvalue weighted by molar-refractivity contribution is 5.86. The zero-order chi connectivity index (χ0) is 19.0. The van der Waals surface area contributed by atoms with Crippen LogP contribution in [-0.2, 0) is 0 Å². The highest BCUT2D eigenvalue weighted by Gasteiger charge is 1.93. The maximum Gasteiger partial charge on any atom is 0.0555 e. The molecule has 0 bridgehead atoms. The standard InChI is InChI=1S/C20H47N5O.5ClH/c1-2-21-11-3-4-12-22-13-5-6-14-23-15-7-8-16-24-17-9-10-18-25-19-20-26;;;;;/h21-26H,2-20H2,1H3;5*1H. The van der Waals surface area contributed by atoms with Crippen LogP contribution in [0.1, 0.15) is 58.3 Å². The first-order valence-electron chi connectivity index (χ1n) is 11.1. The summed E-state index contributed by atoms with van der Waals surface area (Å²) in [6.07, 6.45) is 10.00. The first kappa shape index (κ1) is 45.7. The first-order valence-corrected chi connectivity index (χ1v) is 11.1. The van der Waals surface area contributed by atoms with Crippen LogP contribution in [0.5, 0.6) is 0 Å². The van der Waals surface area contributed by atoms with Gasteiger partial charge in [-0.3, -0.25) is 0 Å². The van der Waals surface area contributed by atoms with Crippen LogP contribution in [0.15, 0.2) is 0 Å². The van der Waals surface area contributed by atoms with Gasteiger partial charge in [-0.15, -0.1) is 62.0 Å². The van der Waals surface area contributed by atoms with Crippen LogP contribution in [0, 0.1) is 0 Å². The molecule has 0 aromatic heterocycles. The number of rotatable bonds is 23. The van der Waals surface area contributed by atoms with E-state index in [4.69, 9.17) is 5.11 Å². The zero-order valence-corrected chi connectivity index (χ0v) is 23.5. The Kier molecular flexibility index (Phi) is 66.0. The van der Waals surface area contributed by atoms with E-state index < -0.39 is 0 Å². The summed E-state index contributed by atoms with van der Waals surface area (Å²) >= 11 is 0. The van der Waals surface area contributed by atoms with Gasteiger partial charge in [0, 0.05) is 6.54 Å². The molecule has 0 unspecified atom stereocenters. The second-order valence-electron chi connectivity index (χ2n) is 6.91. The second-order valence-corrected chi connectivity index (χ2v) is 6.91. The predicted octanol–water partition coefficient (Wildman–Crippen LogP) is 3.18. The topological polar surface area (TPSA) is 80.4 Å². The van der Waals surface area contributed by atoms with E-state index in [1.54, 1.807) is 0 Å². The first-order chi connectivity index (χ1) is 12.9. The number of nitrogens with one attached hydrogen (secondary N) is 5. The van der Waals surface area contributed by atoms with Gasteiger partial charge in [-0.05, 0) is 110 Å². The summed E-state index contributed by atoms with van der Waals surface area (Å²) in [6, 6.07) is 0. The Labute approximate surface area is 223 Å². The number of unbranched alkanes of at least 4 members (excludes halogenated alkanes) is 4. The molecule has 0 spiro atoms. The number of halogens is 5. The maximum atomic E-state index is 8.65. The van der Waals surface area contributed by atoms with E-state index in [0.29, 0.717) is 6.54 Å². The summed E-state index contributed by atoms with van der Waals surface area (Å²) in [5.41, 5.74) is 0. The van der Waals surface area contributed by atoms with Crippen LogP contribution < -0.4 is 26.6 Å². The number of hydrogen-bond acceptors (Lipinski definition) is 6. The molecule has 0 heterocycles. The highest BCUT2D eigenvalue weighted by atomic mass is 35.5. The molecule has 0 aliphatic heterocycles. The van der Waals surface area contributed by atoms with Gasteiger partial charge >= 0.3 is 0 Å². The zero-order valence-electron chi connectivity index (χ0n) is 19.4. The van der Waals surface area contributed by atoms with Crippen molar-refractivity contribution in [3.05, 3.63) is 0 Å². The van der Waals surface area contributed by atoms with Gasteiger partial charge in [-0.2, -0.15) is 0 Å². The monoisotopic (exact) mass is 553 g/mol. The van der Waals surface area contributed by atoms with Gasteiger partial charge in [0.25, 0.3) is 0 Å². The molecular formula is C20H52Cl5N5O. The van der Waals surface area contributed by atoms with Crippen LogP contribution >= 0.6 is 62.0 Å². The Morgan fingerprint density at radius 1 is 0.387 bits per heavy atom. The minimum atomic E-state index is 0. The average molecular weight is 556 g/mol. The van der Waals surface area contributed by atoms with E-state index >= 15 is 0 Å². The van der Waals surface area contributed by atoms with Crippen LogP contribution in [-0.4, -0.2) is 77.2 Å². The van der Waals surface area contributed by atoms with E-state index in [1.165, 1.54) is 51.4 Å². The van der Waals surface area contributed by atoms with Gasteiger partial charge in [0.15, 0.2) is 0 Å².